The first-order valence-corrected chi connectivity index (χ1v) is 8.96. The van der Waals surface area contributed by atoms with Gasteiger partial charge in [0.2, 0.25) is 5.91 Å². The molecule has 1 aromatic heterocycles. The first kappa shape index (κ1) is 17.4. The van der Waals surface area contributed by atoms with Gasteiger partial charge in [-0.1, -0.05) is 6.92 Å². The Morgan fingerprint density at radius 1 is 1.38 bits per heavy atom. The fourth-order valence-electron chi connectivity index (χ4n) is 3.71. The molecule has 2 fully saturated rings. The number of amides is 1. The van der Waals surface area contributed by atoms with Gasteiger partial charge in [0, 0.05) is 37.7 Å². The Balaban J connectivity index is 1.47. The SMILES string of the molecule is Cc1nn(C)c(C)c1CC(=O)NC[C@H]1COC2(CCC(C)CC2)O1. The number of ether oxygens (including phenoxy) is 2. The van der Waals surface area contributed by atoms with Gasteiger partial charge >= 0.3 is 0 Å². The molecule has 24 heavy (non-hydrogen) atoms. The summed E-state index contributed by atoms with van der Waals surface area (Å²) in [6.07, 6.45) is 4.55. The van der Waals surface area contributed by atoms with Crippen LogP contribution in [-0.2, 0) is 27.7 Å². The molecule has 134 valence electrons. The van der Waals surface area contributed by atoms with Gasteiger partial charge in [0.25, 0.3) is 0 Å². The summed E-state index contributed by atoms with van der Waals surface area (Å²) >= 11 is 0. The van der Waals surface area contributed by atoms with E-state index in [0.717, 1.165) is 48.6 Å². The molecule has 1 aliphatic heterocycles. The Kier molecular flexibility index (Phi) is 4.97. The van der Waals surface area contributed by atoms with Gasteiger partial charge in [-0.15, -0.1) is 0 Å². The summed E-state index contributed by atoms with van der Waals surface area (Å²) in [5.41, 5.74) is 2.97. The number of nitrogens with zero attached hydrogens (tertiary/aromatic N) is 2. The number of aryl methyl sites for hydroxylation is 2. The minimum absolute atomic E-state index is 0.0102. The van der Waals surface area contributed by atoms with Gasteiger partial charge in [-0.3, -0.25) is 9.48 Å². The van der Waals surface area contributed by atoms with Crippen molar-refractivity contribution in [3.8, 4) is 0 Å². The van der Waals surface area contributed by atoms with Gasteiger partial charge in [-0.2, -0.15) is 5.10 Å². The molecule has 1 saturated heterocycles. The topological polar surface area (TPSA) is 65.4 Å². The van der Waals surface area contributed by atoms with Gasteiger partial charge in [-0.25, -0.2) is 0 Å². The number of carbonyl (C=O) groups is 1. The van der Waals surface area contributed by atoms with Crippen LogP contribution in [0.2, 0.25) is 0 Å². The van der Waals surface area contributed by atoms with Crippen LogP contribution in [0.4, 0.5) is 0 Å². The van der Waals surface area contributed by atoms with Crippen LogP contribution in [0.5, 0.6) is 0 Å². The molecule has 1 atom stereocenters. The maximum atomic E-state index is 12.2. The molecule has 2 heterocycles. The van der Waals surface area contributed by atoms with Gasteiger partial charge < -0.3 is 14.8 Å². The number of hydrogen-bond donors (Lipinski definition) is 1. The van der Waals surface area contributed by atoms with Crippen LogP contribution in [0, 0.1) is 19.8 Å². The molecule has 0 aromatic carbocycles. The van der Waals surface area contributed by atoms with E-state index < -0.39 is 5.79 Å². The Hall–Kier alpha value is -1.40. The van der Waals surface area contributed by atoms with Crippen molar-refractivity contribution in [1.82, 2.24) is 15.1 Å². The minimum Gasteiger partial charge on any atom is -0.353 e. The zero-order valence-electron chi connectivity index (χ0n) is 15.2. The lowest BCUT2D eigenvalue weighted by molar-refractivity contribution is -0.191. The monoisotopic (exact) mass is 335 g/mol. The quantitative estimate of drug-likeness (QED) is 0.914. The molecule has 6 nitrogen and oxygen atoms in total. The zero-order valence-corrected chi connectivity index (χ0v) is 15.2. The highest BCUT2D eigenvalue weighted by molar-refractivity contribution is 5.79. The van der Waals surface area contributed by atoms with Crippen LogP contribution in [0.15, 0.2) is 0 Å². The Morgan fingerprint density at radius 2 is 2.08 bits per heavy atom. The predicted molar refractivity (Wildman–Crippen MR) is 90.6 cm³/mol. The molecule has 1 amide bonds. The van der Waals surface area contributed by atoms with Crippen molar-refractivity contribution >= 4 is 5.91 Å². The Labute approximate surface area is 143 Å². The summed E-state index contributed by atoms with van der Waals surface area (Å²) in [5, 5.41) is 7.34. The molecule has 0 unspecified atom stereocenters. The van der Waals surface area contributed by atoms with E-state index in [-0.39, 0.29) is 12.0 Å². The smallest absolute Gasteiger partial charge is 0.224 e. The van der Waals surface area contributed by atoms with E-state index >= 15 is 0 Å². The molecule has 1 N–H and O–H groups in total. The van der Waals surface area contributed by atoms with E-state index in [4.69, 9.17) is 9.47 Å². The summed E-state index contributed by atoms with van der Waals surface area (Å²) in [7, 11) is 1.90. The number of rotatable bonds is 4. The normalized spacial score (nSPS) is 30.0. The third-order valence-corrected chi connectivity index (χ3v) is 5.47. The van der Waals surface area contributed by atoms with Gasteiger partial charge in [0.15, 0.2) is 5.79 Å². The largest absolute Gasteiger partial charge is 0.353 e. The predicted octanol–water partition coefficient (Wildman–Crippen LogP) is 2.02. The van der Waals surface area contributed by atoms with E-state index in [1.54, 1.807) is 0 Å². The third kappa shape index (κ3) is 3.64. The van der Waals surface area contributed by atoms with Crippen LogP contribution in [0.25, 0.3) is 0 Å². The van der Waals surface area contributed by atoms with Crippen LogP contribution in [-0.4, -0.2) is 40.7 Å². The third-order valence-electron chi connectivity index (χ3n) is 5.47. The van der Waals surface area contributed by atoms with E-state index in [9.17, 15) is 4.79 Å². The summed E-state index contributed by atoms with van der Waals surface area (Å²) in [6, 6.07) is 0. The van der Waals surface area contributed by atoms with Crippen molar-refractivity contribution < 1.29 is 14.3 Å². The molecule has 0 bridgehead atoms. The lowest BCUT2D eigenvalue weighted by Gasteiger charge is -2.34. The first-order valence-electron chi connectivity index (χ1n) is 8.96. The van der Waals surface area contributed by atoms with Gasteiger partial charge in [0.05, 0.1) is 18.7 Å². The molecular weight excluding hydrogens is 306 g/mol. The lowest BCUT2D eigenvalue weighted by Crippen LogP contribution is -2.38. The molecule has 3 rings (SSSR count). The van der Waals surface area contributed by atoms with Crippen molar-refractivity contribution in [1.29, 1.82) is 0 Å². The maximum Gasteiger partial charge on any atom is 0.224 e. The average molecular weight is 335 g/mol. The first-order chi connectivity index (χ1) is 11.4. The minimum atomic E-state index is -0.390. The summed E-state index contributed by atoms with van der Waals surface area (Å²) in [5.74, 6) is 0.377. The van der Waals surface area contributed by atoms with E-state index in [2.05, 4.69) is 17.3 Å². The van der Waals surface area contributed by atoms with Gasteiger partial charge in [-0.05, 0) is 32.6 Å². The summed E-state index contributed by atoms with van der Waals surface area (Å²) in [4.78, 5) is 12.2. The van der Waals surface area contributed by atoms with E-state index in [0.29, 0.717) is 19.6 Å². The average Bonchev–Trinajstić information content (AvgIpc) is 3.05. The highest BCUT2D eigenvalue weighted by atomic mass is 16.7. The molecule has 1 saturated carbocycles. The molecular formula is C18H29N3O3. The standard InChI is InChI=1S/C18H29N3O3/c1-12-5-7-18(8-6-12)23-11-15(24-18)10-19-17(22)9-16-13(2)20-21(4)14(16)3/h12,15H,5-11H2,1-4H3,(H,19,22)/t12?,15-,18?/m0/s1. The second-order valence-electron chi connectivity index (χ2n) is 7.40. The van der Waals surface area contributed by atoms with Crippen molar-refractivity contribution in [2.24, 2.45) is 13.0 Å². The molecule has 1 spiro atoms. The van der Waals surface area contributed by atoms with Gasteiger partial charge in [0.1, 0.15) is 6.10 Å². The molecule has 1 aliphatic carbocycles. The van der Waals surface area contributed by atoms with Crippen molar-refractivity contribution in [3.05, 3.63) is 17.0 Å². The van der Waals surface area contributed by atoms with Crippen LogP contribution in [0.1, 0.15) is 49.6 Å². The summed E-state index contributed by atoms with van der Waals surface area (Å²) in [6.45, 7) is 7.29. The zero-order chi connectivity index (χ0) is 17.3. The molecule has 2 aliphatic rings. The fourth-order valence-corrected chi connectivity index (χ4v) is 3.71. The highest BCUT2D eigenvalue weighted by Gasteiger charge is 2.43. The molecule has 6 heteroatoms. The summed E-state index contributed by atoms with van der Waals surface area (Å²) < 4.78 is 13.9. The second kappa shape index (κ2) is 6.84. The number of aromatic nitrogens is 2. The van der Waals surface area contributed by atoms with Crippen molar-refractivity contribution in [2.75, 3.05) is 13.2 Å². The lowest BCUT2D eigenvalue weighted by atomic mass is 9.86. The highest BCUT2D eigenvalue weighted by Crippen LogP contribution is 2.39. The van der Waals surface area contributed by atoms with Crippen molar-refractivity contribution in [2.45, 2.75) is 64.8 Å². The van der Waals surface area contributed by atoms with Crippen LogP contribution in [0.3, 0.4) is 0 Å². The van der Waals surface area contributed by atoms with Crippen LogP contribution >= 0.6 is 0 Å². The fraction of sp³-hybridized carbons (Fsp3) is 0.778. The molecule has 1 aromatic rings. The maximum absolute atomic E-state index is 12.2. The number of nitrogens with one attached hydrogen (secondary N) is 1. The Bertz CT molecular complexity index is 603. The van der Waals surface area contributed by atoms with Crippen molar-refractivity contribution in [3.63, 3.8) is 0 Å². The van der Waals surface area contributed by atoms with E-state index in [1.165, 1.54) is 0 Å². The molecule has 0 radical (unpaired) electrons. The van der Waals surface area contributed by atoms with E-state index in [1.807, 2.05) is 25.6 Å². The van der Waals surface area contributed by atoms with Crippen LogP contribution < -0.4 is 5.32 Å². The number of carbonyl (C=O) groups excluding carboxylic acids is 1. The second-order valence-corrected chi connectivity index (χ2v) is 7.40. The Morgan fingerprint density at radius 3 is 2.71 bits per heavy atom. The number of hydrogen-bond acceptors (Lipinski definition) is 4.